The fourth-order valence-corrected chi connectivity index (χ4v) is 3.98. The van der Waals surface area contributed by atoms with Crippen molar-refractivity contribution in [3.8, 4) is 0 Å². The Morgan fingerprint density at radius 3 is 3.00 bits per heavy atom. The average molecular weight is 351 g/mol. The molecule has 0 bridgehead atoms. The van der Waals surface area contributed by atoms with Crippen LogP contribution in [0.15, 0.2) is 24.5 Å². The fourth-order valence-electron chi connectivity index (χ4n) is 2.84. The highest BCUT2D eigenvalue weighted by atomic mass is 35.5. The first-order valence-electron chi connectivity index (χ1n) is 7.69. The van der Waals surface area contributed by atoms with Gasteiger partial charge in [0.2, 0.25) is 0 Å². The molecule has 1 N–H and O–H groups in total. The van der Waals surface area contributed by atoms with E-state index in [4.69, 9.17) is 11.6 Å². The molecule has 2 aromatic rings. The largest absolute Gasteiger partial charge is 0.354 e. The Morgan fingerprint density at radius 2 is 2.26 bits per heavy atom. The lowest BCUT2D eigenvalue weighted by Gasteiger charge is -2.34. The zero-order chi connectivity index (χ0) is 16.2. The first-order valence-corrected chi connectivity index (χ1v) is 8.89. The highest BCUT2D eigenvalue weighted by Crippen LogP contribution is 2.34. The van der Waals surface area contributed by atoms with E-state index in [1.807, 2.05) is 12.1 Å². The number of hydrogen-bond acceptors (Lipinski definition) is 5. The average Bonchev–Trinajstić information content (AvgIpc) is 3.06. The molecule has 0 spiro atoms. The summed E-state index contributed by atoms with van der Waals surface area (Å²) in [6.45, 7) is 1.79. The molecule has 7 heteroatoms. The standard InChI is InChI=1S/C16H19ClN4OS/c1-18-15(22)14-9-20-16(23-14)13-4-2-3-7-21(13)10-12-6-5-11(17)8-19-12/h5-6,8-9,13H,2-4,7,10H2,1H3,(H,18,22). The summed E-state index contributed by atoms with van der Waals surface area (Å²) < 4.78 is 0. The lowest BCUT2D eigenvalue weighted by Crippen LogP contribution is -2.33. The molecule has 1 amide bonds. The van der Waals surface area contributed by atoms with E-state index in [1.54, 1.807) is 19.4 Å². The van der Waals surface area contributed by atoms with Gasteiger partial charge < -0.3 is 5.32 Å². The van der Waals surface area contributed by atoms with Crippen LogP contribution in [0.4, 0.5) is 0 Å². The van der Waals surface area contributed by atoms with E-state index in [0.717, 1.165) is 30.2 Å². The van der Waals surface area contributed by atoms with Gasteiger partial charge in [-0.2, -0.15) is 0 Å². The topological polar surface area (TPSA) is 58.1 Å². The molecule has 1 atom stereocenters. The van der Waals surface area contributed by atoms with Crippen molar-refractivity contribution >= 4 is 28.8 Å². The van der Waals surface area contributed by atoms with Gasteiger partial charge in [0, 0.05) is 19.8 Å². The van der Waals surface area contributed by atoms with E-state index >= 15 is 0 Å². The van der Waals surface area contributed by atoms with Crippen molar-refractivity contribution in [3.63, 3.8) is 0 Å². The minimum Gasteiger partial charge on any atom is -0.354 e. The third-order valence-electron chi connectivity index (χ3n) is 4.03. The summed E-state index contributed by atoms with van der Waals surface area (Å²) in [6, 6.07) is 4.09. The molecule has 1 fully saturated rings. The molecular weight excluding hydrogens is 332 g/mol. The summed E-state index contributed by atoms with van der Waals surface area (Å²) in [5, 5.41) is 4.31. The summed E-state index contributed by atoms with van der Waals surface area (Å²) in [7, 11) is 1.64. The predicted octanol–water partition coefficient (Wildman–Crippen LogP) is 3.28. The second kappa shape index (κ2) is 7.38. The van der Waals surface area contributed by atoms with Crippen molar-refractivity contribution in [1.82, 2.24) is 20.2 Å². The lowest BCUT2D eigenvalue weighted by atomic mass is 10.0. The molecule has 0 radical (unpaired) electrons. The van der Waals surface area contributed by atoms with Crippen LogP contribution in [0.3, 0.4) is 0 Å². The molecular formula is C16H19ClN4OS. The molecule has 1 unspecified atom stereocenters. The quantitative estimate of drug-likeness (QED) is 0.919. The minimum atomic E-state index is -0.0736. The molecule has 1 saturated heterocycles. The number of pyridine rings is 1. The van der Waals surface area contributed by atoms with Gasteiger partial charge in [-0.05, 0) is 31.5 Å². The smallest absolute Gasteiger partial charge is 0.262 e. The fraction of sp³-hybridized carbons (Fsp3) is 0.438. The molecule has 3 heterocycles. The van der Waals surface area contributed by atoms with E-state index in [0.29, 0.717) is 9.90 Å². The number of nitrogens with zero attached hydrogens (tertiary/aromatic N) is 3. The maximum Gasteiger partial charge on any atom is 0.262 e. The Hall–Kier alpha value is -1.50. The number of hydrogen-bond donors (Lipinski definition) is 1. The Kier molecular flexibility index (Phi) is 5.25. The second-order valence-electron chi connectivity index (χ2n) is 5.59. The van der Waals surface area contributed by atoms with Crippen molar-refractivity contribution in [3.05, 3.63) is 45.1 Å². The van der Waals surface area contributed by atoms with Gasteiger partial charge >= 0.3 is 0 Å². The zero-order valence-corrected chi connectivity index (χ0v) is 14.5. The van der Waals surface area contributed by atoms with Crippen molar-refractivity contribution in [2.75, 3.05) is 13.6 Å². The van der Waals surface area contributed by atoms with Crippen LogP contribution >= 0.6 is 22.9 Å². The molecule has 3 rings (SSSR count). The van der Waals surface area contributed by atoms with Crippen LogP contribution in [0.25, 0.3) is 0 Å². The number of aromatic nitrogens is 2. The van der Waals surface area contributed by atoms with Crippen molar-refractivity contribution in [2.45, 2.75) is 31.8 Å². The molecule has 1 aliphatic rings. The van der Waals surface area contributed by atoms with Crippen LogP contribution in [0.1, 0.15) is 45.7 Å². The normalized spacial score (nSPS) is 18.8. The van der Waals surface area contributed by atoms with E-state index in [1.165, 1.54) is 24.2 Å². The highest BCUT2D eigenvalue weighted by Gasteiger charge is 2.27. The van der Waals surface area contributed by atoms with Crippen molar-refractivity contribution in [1.29, 1.82) is 0 Å². The number of amides is 1. The maximum atomic E-state index is 11.7. The van der Waals surface area contributed by atoms with Crippen LogP contribution < -0.4 is 5.32 Å². The van der Waals surface area contributed by atoms with E-state index in [2.05, 4.69) is 20.2 Å². The summed E-state index contributed by atoms with van der Waals surface area (Å²) in [5.41, 5.74) is 1.00. The van der Waals surface area contributed by atoms with Crippen LogP contribution in [0.2, 0.25) is 5.02 Å². The van der Waals surface area contributed by atoms with Gasteiger partial charge in [-0.15, -0.1) is 11.3 Å². The van der Waals surface area contributed by atoms with Crippen LogP contribution in [-0.2, 0) is 6.54 Å². The number of piperidine rings is 1. The molecule has 0 aromatic carbocycles. The van der Waals surface area contributed by atoms with Crippen molar-refractivity contribution in [2.24, 2.45) is 0 Å². The number of halogens is 1. The monoisotopic (exact) mass is 350 g/mol. The number of likely N-dealkylation sites (tertiary alicyclic amines) is 1. The van der Waals surface area contributed by atoms with Gasteiger partial charge in [-0.1, -0.05) is 18.0 Å². The zero-order valence-electron chi connectivity index (χ0n) is 13.0. The predicted molar refractivity (Wildman–Crippen MR) is 91.8 cm³/mol. The van der Waals surface area contributed by atoms with Gasteiger partial charge in [0.15, 0.2) is 0 Å². The van der Waals surface area contributed by atoms with Crippen LogP contribution in [-0.4, -0.2) is 34.4 Å². The molecule has 122 valence electrons. The summed E-state index contributed by atoms with van der Waals surface area (Å²) in [4.78, 5) is 23.7. The van der Waals surface area contributed by atoms with Crippen LogP contribution in [0.5, 0.6) is 0 Å². The molecule has 23 heavy (non-hydrogen) atoms. The summed E-state index contributed by atoms with van der Waals surface area (Å²) in [5.74, 6) is -0.0736. The van der Waals surface area contributed by atoms with Crippen LogP contribution in [0, 0.1) is 0 Å². The van der Waals surface area contributed by atoms with E-state index < -0.39 is 0 Å². The Balaban J connectivity index is 1.77. The van der Waals surface area contributed by atoms with Gasteiger partial charge in [-0.25, -0.2) is 4.98 Å². The first kappa shape index (κ1) is 16.4. The summed E-state index contributed by atoms with van der Waals surface area (Å²) >= 11 is 7.39. The van der Waals surface area contributed by atoms with E-state index in [9.17, 15) is 4.79 Å². The number of nitrogens with one attached hydrogen (secondary N) is 1. The second-order valence-corrected chi connectivity index (χ2v) is 7.09. The number of rotatable bonds is 4. The Labute approximate surface area is 144 Å². The molecule has 5 nitrogen and oxygen atoms in total. The lowest BCUT2D eigenvalue weighted by molar-refractivity contribution is 0.0967. The number of carbonyl (C=O) groups is 1. The maximum absolute atomic E-state index is 11.7. The SMILES string of the molecule is CNC(=O)c1cnc(C2CCCCN2Cc2ccc(Cl)cn2)s1. The summed E-state index contributed by atoms with van der Waals surface area (Å²) in [6.07, 6.45) is 6.78. The molecule has 0 saturated carbocycles. The Morgan fingerprint density at radius 1 is 1.39 bits per heavy atom. The highest BCUT2D eigenvalue weighted by molar-refractivity contribution is 7.13. The third-order valence-corrected chi connectivity index (χ3v) is 5.35. The van der Waals surface area contributed by atoms with Gasteiger partial charge in [0.25, 0.3) is 5.91 Å². The van der Waals surface area contributed by atoms with Gasteiger partial charge in [0.05, 0.1) is 23.0 Å². The Bertz CT molecular complexity index is 673. The number of thiazole rings is 1. The molecule has 2 aromatic heterocycles. The third kappa shape index (κ3) is 3.88. The van der Waals surface area contributed by atoms with Gasteiger partial charge in [0.1, 0.15) is 9.88 Å². The molecule has 0 aliphatic carbocycles. The van der Waals surface area contributed by atoms with Crippen molar-refractivity contribution < 1.29 is 4.79 Å². The van der Waals surface area contributed by atoms with E-state index in [-0.39, 0.29) is 11.9 Å². The molecule has 1 aliphatic heterocycles. The first-order chi connectivity index (χ1) is 11.2. The minimum absolute atomic E-state index is 0.0736. The number of carbonyl (C=O) groups excluding carboxylic acids is 1. The van der Waals surface area contributed by atoms with Gasteiger partial charge in [-0.3, -0.25) is 14.7 Å².